The number of benzene rings is 1. The summed E-state index contributed by atoms with van der Waals surface area (Å²) in [6, 6.07) is 7.51. The lowest BCUT2D eigenvalue weighted by molar-refractivity contribution is 0.101. The maximum atomic E-state index is 11.0. The third-order valence-electron chi connectivity index (χ3n) is 2.83. The largest absolute Gasteiger partial charge is 0.383 e. The van der Waals surface area contributed by atoms with Crippen molar-refractivity contribution in [3.8, 4) is 0 Å². The highest BCUT2D eigenvalue weighted by Gasteiger charge is 2.37. The van der Waals surface area contributed by atoms with Gasteiger partial charge in [-0.2, -0.15) is 0 Å². The second kappa shape index (κ2) is 3.66. The average Bonchev–Trinajstić information content (AvgIpc) is 2.95. The van der Waals surface area contributed by atoms with Gasteiger partial charge < -0.3 is 11.1 Å². The summed E-state index contributed by atoms with van der Waals surface area (Å²) in [4.78, 5) is 11.0. The fourth-order valence-electron chi connectivity index (χ4n) is 1.44. The molecule has 0 amide bonds. The zero-order valence-corrected chi connectivity index (χ0v) is 8.92. The van der Waals surface area contributed by atoms with Crippen LogP contribution in [0, 0.1) is 0 Å². The number of hydrogen-bond donors (Lipinski definition) is 2. The van der Waals surface area contributed by atoms with Gasteiger partial charge in [0.2, 0.25) is 0 Å². The third kappa shape index (κ3) is 2.57. The van der Waals surface area contributed by atoms with Crippen molar-refractivity contribution in [1.29, 1.82) is 0 Å². The number of carbonyl (C=O) groups excluding carboxylic acids is 1. The summed E-state index contributed by atoms with van der Waals surface area (Å²) in [6.45, 7) is 2.38. The van der Waals surface area contributed by atoms with Crippen LogP contribution >= 0.6 is 0 Å². The molecule has 2 rings (SSSR count). The Labute approximate surface area is 89.7 Å². The van der Waals surface area contributed by atoms with Crippen LogP contribution in [-0.4, -0.2) is 17.9 Å². The van der Waals surface area contributed by atoms with Crippen molar-refractivity contribution in [3.05, 3.63) is 29.8 Å². The summed E-state index contributed by atoms with van der Waals surface area (Å²) in [5.74, 6) is 0.0963. The standard InChI is InChI=1S/C12H16N2O/c1-9(15)10-2-4-11(5-3-10)14-8-12(13)6-7-12/h2-5,14H,6-8,13H2,1H3. The molecule has 15 heavy (non-hydrogen) atoms. The highest BCUT2D eigenvalue weighted by Crippen LogP contribution is 2.32. The van der Waals surface area contributed by atoms with Crippen molar-refractivity contribution in [1.82, 2.24) is 0 Å². The van der Waals surface area contributed by atoms with Gasteiger partial charge in [-0.1, -0.05) is 0 Å². The molecular formula is C12H16N2O. The molecule has 1 aliphatic carbocycles. The molecule has 1 fully saturated rings. The van der Waals surface area contributed by atoms with Crippen LogP contribution in [0.3, 0.4) is 0 Å². The lowest BCUT2D eigenvalue weighted by Crippen LogP contribution is -2.31. The molecule has 0 bridgehead atoms. The van der Waals surface area contributed by atoms with E-state index in [9.17, 15) is 4.79 Å². The van der Waals surface area contributed by atoms with E-state index in [0.29, 0.717) is 0 Å². The van der Waals surface area contributed by atoms with E-state index in [1.165, 1.54) is 0 Å². The van der Waals surface area contributed by atoms with E-state index in [2.05, 4.69) is 5.32 Å². The van der Waals surface area contributed by atoms with E-state index >= 15 is 0 Å². The number of nitrogens with two attached hydrogens (primary N) is 1. The monoisotopic (exact) mass is 204 g/mol. The molecule has 0 aromatic heterocycles. The molecule has 0 unspecified atom stereocenters. The predicted octanol–water partition coefficient (Wildman–Crippen LogP) is 1.79. The summed E-state index contributed by atoms with van der Waals surface area (Å²) >= 11 is 0. The van der Waals surface area contributed by atoms with Gasteiger partial charge in [-0.15, -0.1) is 0 Å². The van der Waals surface area contributed by atoms with Crippen molar-refractivity contribution in [3.63, 3.8) is 0 Å². The number of Topliss-reactive ketones (excluding diaryl/α,β-unsaturated/α-hetero) is 1. The molecular weight excluding hydrogens is 188 g/mol. The van der Waals surface area contributed by atoms with Crippen molar-refractivity contribution >= 4 is 11.5 Å². The van der Waals surface area contributed by atoms with Crippen LogP contribution in [-0.2, 0) is 0 Å². The summed E-state index contributed by atoms with van der Waals surface area (Å²) < 4.78 is 0. The van der Waals surface area contributed by atoms with Crippen LogP contribution in [0.2, 0.25) is 0 Å². The van der Waals surface area contributed by atoms with Gasteiger partial charge in [-0.25, -0.2) is 0 Å². The molecule has 1 aromatic carbocycles. The number of rotatable bonds is 4. The molecule has 3 nitrogen and oxygen atoms in total. The van der Waals surface area contributed by atoms with Crippen LogP contribution in [0.5, 0.6) is 0 Å². The summed E-state index contributed by atoms with van der Waals surface area (Å²) in [5.41, 5.74) is 7.74. The van der Waals surface area contributed by atoms with Crippen LogP contribution < -0.4 is 11.1 Å². The molecule has 0 aliphatic heterocycles. The molecule has 0 atom stereocenters. The Balaban J connectivity index is 1.95. The van der Waals surface area contributed by atoms with Crippen LogP contribution in [0.15, 0.2) is 24.3 Å². The van der Waals surface area contributed by atoms with Gasteiger partial charge in [-0.05, 0) is 44.0 Å². The Morgan fingerprint density at radius 2 is 2.00 bits per heavy atom. The molecule has 0 radical (unpaired) electrons. The topological polar surface area (TPSA) is 55.1 Å². The third-order valence-corrected chi connectivity index (χ3v) is 2.83. The average molecular weight is 204 g/mol. The molecule has 80 valence electrons. The summed E-state index contributed by atoms with van der Waals surface area (Å²) in [6.07, 6.45) is 2.21. The summed E-state index contributed by atoms with van der Waals surface area (Å²) in [7, 11) is 0. The number of hydrogen-bond acceptors (Lipinski definition) is 3. The Hall–Kier alpha value is -1.35. The number of ketones is 1. The molecule has 3 N–H and O–H groups in total. The Bertz CT molecular complexity index is 366. The van der Waals surface area contributed by atoms with Gasteiger partial charge in [0.05, 0.1) is 0 Å². The highest BCUT2D eigenvalue weighted by molar-refractivity contribution is 5.94. The maximum absolute atomic E-state index is 11.0. The van der Waals surface area contributed by atoms with E-state index < -0.39 is 0 Å². The normalized spacial score (nSPS) is 17.2. The predicted molar refractivity (Wildman–Crippen MR) is 61.1 cm³/mol. The van der Waals surface area contributed by atoms with Gasteiger partial charge in [0.1, 0.15) is 0 Å². The molecule has 3 heteroatoms. The quantitative estimate of drug-likeness (QED) is 0.735. The van der Waals surface area contributed by atoms with Crippen molar-refractivity contribution in [2.45, 2.75) is 25.3 Å². The molecule has 1 saturated carbocycles. The minimum Gasteiger partial charge on any atom is -0.383 e. The maximum Gasteiger partial charge on any atom is 0.159 e. The number of anilines is 1. The first kappa shape index (κ1) is 10.2. The molecule has 0 spiro atoms. The van der Waals surface area contributed by atoms with Gasteiger partial charge in [0.15, 0.2) is 5.78 Å². The smallest absolute Gasteiger partial charge is 0.159 e. The zero-order valence-electron chi connectivity index (χ0n) is 8.92. The Morgan fingerprint density at radius 3 is 2.47 bits per heavy atom. The van der Waals surface area contributed by atoms with E-state index in [1.807, 2.05) is 24.3 Å². The van der Waals surface area contributed by atoms with Crippen molar-refractivity contribution < 1.29 is 4.79 Å². The van der Waals surface area contributed by atoms with Crippen LogP contribution in [0.4, 0.5) is 5.69 Å². The van der Waals surface area contributed by atoms with Gasteiger partial charge in [0.25, 0.3) is 0 Å². The number of carbonyl (C=O) groups is 1. The van der Waals surface area contributed by atoms with E-state index in [1.54, 1.807) is 6.92 Å². The highest BCUT2D eigenvalue weighted by atomic mass is 16.1. The van der Waals surface area contributed by atoms with Gasteiger partial charge >= 0.3 is 0 Å². The number of nitrogens with one attached hydrogen (secondary N) is 1. The molecule has 0 heterocycles. The lowest BCUT2D eigenvalue weighted by atomic mass is 10.1. The van der Waals surface area contributed by atoms with Crippen LogP contribution in [0.1, 0.15) is 30.1 Å². The van der Waals surface area contributed by atoms with Crippen molar-refractivity contribution in [2.75, 3.05) is 11.9 Å². The SMILES string of the molecule is CC(=O)c1ccc(NCC2(N)CC2)cc1. The second-order valence-electron chi connectivity index (χ2n) is 4.35. The minimum absolute atomic E-state index is 0.0131. The van der Waals surface area contributed by atoms with E-state index in [0.717, 1.165) is 30.6 Å². The second-order valence-corrected chi connectivity index (χ2v) is 4.35. The first-order chi connectivity index (χ1) is 7.09. The fourth-order valence-corrected chi connectivity index (χ4v) is 1.44. The van der Waals surface area contributed by atoms with E-state index in [4.69, 9.17) is 5.73 Å². The first-order valence-electron chi connectivity index (χ1n) is 5.23. The zero-order chi connectivity index (χ0) is 10.9. The van der Waals surface area contributed by atoms with Gasteiger partial charge in [-0.3, -0.25) is 4.79 Å². The van der Waals surface area contributed by atoms with Crippen molar-refractivity contribution in [2.24, 2.45) is 5.73 Å². The Kier molecular flexibility index (Phi) is 2.49. The van der Waals surface area contributed by atoms with E-state index in [-0.39, 0.29) is 11.3 Å². The molecule has 1 aromatic rings. The first-order valence-corrected chi connectivity index (χ1v) is 5.23. The Morgan fingerprint density at radius 1 is 1.40 bits per heavy atom. The molecule has 0 saturated heterocycles. The molecule has 1 aliphatic rings. The fraction of sp³-hybridized carbons (Fsp3) is 0.417. The summed E-state index contributed by atoms with van der Waals surface area (Å²) in [5, 5.41) is 3.28. The van der Waals surface area contributed by atoms with Crippen LogP contribution in [0.25, 0.3) is 0 Å². The lowest BCUT2D eigenvalue weighted by Gasteiger charge is -2.11. The minimum atomic E-state index is 0.0131. The van der Waals surface area contributed by atoms with Gasteiger partial charge in [0, 0.05) is 23.3 Å².